The van der Waals surface area contributed by atoms with Crippen molar-refractivity contribution in [1.82, 2.24) is 10.2 Å². The van der Waals surface area contributed by atoms with Crippen molar-refractivity contribution in [2.45, 2.75) is 57.7 Å². The van der Waals surface area contributed by atoms with Gasteiger partial charge in [0, 0.05) is 30.9 Å². The van der Waals surface area contributed by atoms with Gasteiger partial charge in [-0.25, -0.2) is 4.79 Å². The molecule has 2 heterocycles. The van der Waals surface area contributed by atoms with Crippen molar-refractivity contribution in [2.24, 2.45) is 0 Å². The van der Waals surface area contributed by atoms with E-state index in [4.69, 9.17) is 4.74 Å². The molecule has 0 radical (unpaired) electrons. The highest BCUT2D eigenvalue weighted by molar-refractivity contribution is 7.99. The zero-order valence-electron chi connectivity index (χ0n) is 12.3. The van der Waals surface area contributed by atoms with Crippen LogP contribution in [0.1, 0.15) is 40.0 Å². The minimum absolute atomic E-state index is 0.167. The van der Waals surface area contributed by atoms with Gasteiger partial charge in [-0.15, -0.1) is 0 Å². The second kappa shape index (κ2) is 6.35. The topological polar surface area (TPSA) is 41.6 Å². The van der Waals surface area contributed by atoms with Gasteiger partial charge in [-0.1, -0.05) is 0 Å². The zero-order chi connectivity index (χ0) is 13.9. The Bertz CT molecular complexity index is 311. The number of carbonyl (C=O) groups excluding carboxylic acids is 1. The van der Waals surface area contributed by atoms with Crippen LogP contribution in [0.25, 0.3) is 0 Å². The molecule has 1 amide bonds. The molecular weight excluding hydrogens is 260 g/mol. The van der Waals surface area contributed by atoms with Crippen LogP contribution < -0.4 is 5.32 Å². The van der Waals surface area contributed by atoms with Crippen molar-refractivity contribution in [3.8, 4) is 0 Å². The summed E-state index contributed by atoms with van der Waals surface area (Å²) in [6, 6.07) is 1.07. The SMILES string of the molecule is CC(C)(C)OC(=O)N1CCCC(NC2CCSC2)C1. The van der Waals surface area contributed by atoms with Crippen LogP contribution in [0.3, 0.4) is 0 Å². The van der Waals surface area contributed by atoms with Gasteiger partial charge in [-0.3, -0.25) is 0 Å². The molecule has 2 aliphatic rings. The fraction of sp³-hybridized carbons (Fsp3) is 0.929. The van der Waals surface area contributed by atoms with E-state index in [1.54, 1.807) is 0 Å². The van der Waals surface area contributed by atoms with Gasteiger partial charge in [-0.2, -0.15) is 11.8 Å². The van der Waals surface area contributed by atoms with Crippen molar-refractivity contribution in [3.05, 3.63) is 0 Å². The van der Waals surface area contributed by atoms with Crippen LogP contribution in [0.2, 0.25) is 0 Å². The molecule has 0 spiro atoms. The molecule has 4 nitrogen and oxygen atoms in total. The third-order valence-corrected chi connectivity index (χ3v) is 4.64. The summed E-state index contributed by atoms with van der Waals surface area (Å²) >= 11 is 2.02. The normalized spacial score (nSPS) is 28.5. The average Bonchev–Trinajstić information content (AvgIpc) is 2.80. The van der Waals surface area contributed by atoms with Crippen LogP contribution in [-0.2, 0) is 4.74 Å². The van der Waals surface area contributed by atoms with Gasteiger partial charge in [0.25, 0.3) is 0 Å². The van der Waals surface area contributed by atoms with E-state index in [-0.39, 0.29) is 6.09 Å². The van der Waals surface area contributed by atoms with E-state index in [2.05, 4.69) is 5.32 Å². The monoisotopic (exact) mass is 286 g/mol. The molecule has 0 aliphatic carbocycles. The van der Waals surface area contributed by atoms with Gasteiger partial charge >= 0.3 is 6.09 Å². The Hall–Kier alpha value is -0.420. The molecule has 0 aromatic rings. The lowest BCUT2D eigenvalue weighted by Gasteiger charge is -2.35. The van der Waals surface area contributed by atoms with Gasteiger partial charge in [-0.05, 0) is 45.8 Å². The largest absolute Gasteiger partial charge is 0.444 e. The predicted octanol–water partition coefficient (Wildman–Crippen LogP) is 2.48. The molecule has 110 valence electrons. The number of hydrogen-bond donors (Lipinski definition) is 1. The van der Waals surface area contributed by atoms with E-state index >= 15 is 0 Å². The molecule has 1 N–H and O–H groups in total. The fourth-order valence-electron chi connectivity index (χ4n) is 2.60. The number of likely N-dealkylation sites (tertiary alicyclic amines) is 1. The molecule has 2 rings (SSSR count). The van der Waals surface area contributed by atoms with E-state index in [0.717, 1.165) is 19.5 Å². The summed E-state index contributed by atoms with van der Waals surface area (Å²) in [5.74, 6) is 2.48. The molecule has 2 atom stereocenters. The van der Waals surface area contributed by atoms with Crippen LogP contribution >= 0.6 is 11.8 Å². The maximum atomic E-state index is 12.1. The lowest BCUT2D eigenvalue weighted by molar-refractivity contribution is 0.0184. The highest BCUT2D eigenvalue weighted by Gasteiger charge is 2.29. The number of rotatable bonds is 2. The summed E-state index contributed by atoms with van der Waals surface area (Å²) in [6.07, 6.45) is 3.32. The minimum atomic E-state index is -0.403. The van der Waals surface area contributed by atoms with Gasteiger partial charge in [0.1, 0.15) is 5.60 Å². The van der Waals surface area contributed by atoms with E-state index in [1.807, 2.05) is 37.4 Å². The molecular formula is C14H26N2O2S. The van der Waals surface area contributed by atoms with Crippen LogP contribution in [0.4, 0.5) is 4.79 Å². The van der Waals surface area contributed by atoms with E-state index < -0.39 is 5.60 Å². The zero-order valence-corrected chi connectivity index (χ0v) is 13.1. The first kappa shape index (κ1) is 15.0. The molecule has 2 saturated heterocycles. The number of carbonyl (C=O) groups is 1. The maximum Gasteiger partial charge on any atom is 0.410 e. The number of nitrogens with one attached hydrogen (secondary N) is 1. The summed E-state index contributed by atoms with van der Waals surface area (Å²) in [4.78, 5) is 13.9. The first-order valence-electron chi connectivity index (χ1n) is 7.26. The lowest BCUT2D eigenvalue weighted by atomic mass is 10.0. The van der Waals surface area contributed by atoms with E-state index in [9.17, 15) is 4.79 Å². The van der Waals surface area contributed by atoms with Crippen LogP contribution in [-0.4, -0.2) is 53.3 Å². The van der Waals surface area contributed by atoms with Crippen molar-refractivity contribution < 1.29 is 9.53 Å². The van der Waals surface area contributed by atoms with Crippen molar-refractivity contribution in [2.75, 3.05) is 24.6 Å². The second-order valence-corrected chi connectivity index (χ2v) is 7.64. The summed E-state index contributed by atoms with van der Waals surface area (Å²) in [7, 11) is 0. The van der Waals surface area contributed by atoms with E-state index in [0.29, 0.717) is 12.1 Å². The minimum Gasteiger partial charge on any atom is -0.444 e. The summed E-state index contributed by atoms with van der Waals surface area (Å²) in [6.45, 7) is 7.36. The first-order chi connectivity index (χ1) is 8.94. The van der Waals surface area contributed by atoms with Crippen molar-refractivity contribution in [3.63, 3.8) is 0 Å². The molecule has 19 heavy (non-hydrogen) atoms. The molecule has 0 aromatic heterocycles. The van der Waals surface area contributed by atoms with Gasteiger partial charge in [0.05, 0.1) is 0 Å². The fourth-order valence-corrected chi connectivity index (χ4v) is 3.77. The first-order valence-corrected chi connectivity index (χ1v) is 8.41. The molecule has 0 saturated carbocycles. The Balaban J connectivity index is 1.80. The number of thioether (sulfide) groups is 1. The highest BCUT2D eigenvalue weighted by atomic mass is 32.2. The van der Waals surface area contributed by atoms with Crippen molar-refractivity contribution in [1.29, 1.82) is 0 Å². The summed E-state index contributed by atoms with van der Waals surface area (Å²) in [5, 5.41) is 3.70. The van der Waals surface area contributed by atoms with Crippen molar-refractivity contribution >= 4 is 17.9 Å². The number of ether oxygens (including phenoxy) is 1. The quantitative estimate of drug-likeness (QED) is 0.847. The molecule has 2 aliphatic heterocycles. The Morgan fingerprint density at radius 1 is 1.32 bits per heavy atom. The number of amides is 1. The Morgan fingerprint density at radius 2 is 2.11 bits per heavy atom. The molecule has 2 fully saturated rings. The predicted molar refractivity (Wildman–Crippen MR) is 79.7 cm³/mol. The van der Waals surface area contributed by atoms with Crippen LogP contribution in [0.15, 0.2) is 0 Å². The summed E-state index contributed by atoms with van der Waals surface area (Å²) in [5.41, 5.74) is -0.403. The smallest absolute Gasteiger partial charge is 0.410 e. The highest BCUT2D eigenvalue weighted by Crippen LogP contribution is 2.20. The number of hydrogen-bond acceptors (Lipinski definition) is 4. The average molecular weight is 286 g/mol. The Kier molecular flexibility index (Phi) is 5.01. The van der Waals surface area contributed by atoms with Gasteiger partial charge in [0.2, 0.25) is 0 Å². The number of nitrogens with zero attached hydrogens (tertiary/aromatic N) is 1. The standard InChI is InChI=1S/C14H26N2O2S/c1-14(2,3)18-13(17)16-7-4-5-11(9-16)15-12-6-8-19-10-12/h11-12,15H,4-10H2,1-3H3. The molecule has 0 aromatic carbocycles. The van der Waals surface area contributed by atoms with E-state index in [1.165, 1.54) is 24.3 Å². The lowest BCUT2D eigenvalue weighted by Crippen LogP contribution is -2.51. The Morgan fingerprint density at radius 3 is 2.74 bits per heavy atom. The van der Waals surface area contributed by atoms with Gasteiger partial charge < -0.3 is 15.0 Å². The third-order valence-electron chi connectivity index (χ3n) is 3.47. The van der Waals surface area contributed by atoms with Crippen LogP contribution in [0, 0.1) is 0 Å². The molecule has 2 unspecified atom stereocenters. The maximum absolute atomic E-state index is 12.1. The molecule has 0 bridgehead atoms. The van der Waals surface area contributed by atoms with Crippen LogP contribution in [0.5, 0.6) is 0 Å². The number of piperidine rings is 1. The Labute approximate surface area is 120 Å². The van der Waals surface area contributed by atoms with Gasteiger partial charge in [0.15, 0.2) is 0 Å². The molecule has 5 heteroatoms. The summed E-state index contributed by atoms with van der Waals surface area (Å²) < 4.78 is 5.45. The second-order valence-electron chi connectivity index (χ2n) is 6.49. The third kappa shape index (κ3) is 4.88.